The second-order valence-corrected chi connectivity index (χ2v) is 9.18. The van der Waals surface area contributed by atoms with Gasteiger partial charge in [0.2, 0.25) is 11.9 Å². The van der Waals surface area contributed by atoms with Crippen LogP contribution in [0, 0.1) is 6.92 Å². The standard InChI is InChI=1S/C27H31N9O7/c1-5-36-20(9-15(2)34-36)24(38)33-26-32-18-10-16(23(28)37)11-21(41-3)22(18)35(26)8-6-7-29-27(40)43-14-17-12-31-19(13-30-17)25(39)42-4/h9-13H,5-8,14H2,1-4H3,(H2,28,37)(H,29,40)(H,32,33,38). The summed E-state index contributed by atoms with van der Waals surface area (Å²) in [7, 11) is 2.68. The number of benzene rings is 1. The Morgan fingerprint density at radius 3 is 2.51 bits per heavy atom. The molecular weight excluding hydrogens is 562 g/mol. The van der Waals surface area contributed by atoms with E-state index in [-0.39, 0.29) is 30.4 Å². The summed E-state index contributed by atoms with van der Waals surface area (Å²) in [6, 6.07) is 4.69. The fourth-order valence-corrected chi connectivity index (χ4v) is 4.23. The molecule has 0 aliphatic rings. The van der Waals surface area contributed by atoms with Gasteiger partial charge in [-0.25, -0.2) is 19.6 Å². The Balaban J connectivity index is 1.46. The number of nitrogens with two attached hydrogens (primary N) is 1. The van der Waals surface area contributed by atoms with Crippen LogP contribution in [0.1, 0.15) is 56.1 Å². The molecule has 4 rings (SSSR count). The number of esters is 1. The van der Waals surface area contributed by atoms with Crippen molar-refractivity contribution < 1.29 is 33.4 Å². The molecule has 3 heterocycles. The molecule has 0 fully saturated rings. The zero-order chi connectivity index (χ0) is 31.1. The quantitative estimate of drug-likeness (QED) is 0.159. The summed E-state index contributed by atoms with van der Waals surface area (Å²) in [5, 5.41) is 9.80. The molecule has 4 aromatic rings. The number of hydrogen-bond donors (Lipinski definition) is 3. The van der Waals surface area contributed by atoms with Crippen molar-refractivity contribution in [2.75, 3.05) is 26.1 Å². The molecular formula is C27H31N9O7. The van der Waals surface area contributed by atoms with Crippen molar-refractivity contribution in [2.24, 2.45) is 5.73 Å². The molecule has 0 aliphatic heterocycles. The third-order valence-corrected chi connectivity index (χ3v) is 6.25. The zero-order valence-corrected chi connectivity index (χ0v) is 24.0. The highest BCUT2D eigenvalue weighted by Gasteiger charge is 2.21. The van der Waals surface area contributed by atoms with Gasteiger partial charge in [-0.1, -0.05) is 0 Å². The number of carbonyl (C=O) groups is 4. The van der Waals surface area contributed by atoms with E-state index in [0.717, 1.165) is 0 Å². The molecule has 4 N–H and O–H groups in total. The molecule has 3 amide bonds. The van der Waals surface area contributed by atoms with Crippen molar-refractivity contribution in [2.45, 2.75) is 40.0 Å². The lowest BCUT2D eigenvalue weighted by molar-refractivity contribution is 0.0592. The number of aryl methyl sites for hydroxylation is 3. The predicted molar refractivity (Wildman–Crippen MR) is 152 cm³/mol. The highest BCUT2D eigenvalue weighted by Crippen LogP contribution is 2.31. The summed E-state index contributed by atoms with van der Waals surface area (Å²) in [6.45, 7) is 4.51. The van der Waals surface area contributed by atoms with E-state index < -0.39 is 23.9 Å². The van der Waals surface area contributed by atoms with Crippen LogP contribution in [-0.2, 0) is 29.2 Å². The first-order chi connectivity index (χ1) is 20.6. The number of primary amides is 1. The minimum atomic E-state index is -0.685. The molecule has 3 aromatic heterocycles. The summed E-state index contributed by atoms with van der Waals surface area (Å²) in [5.74, 6) is -1.16. The molecule has 226 valence electrons. The first-order valence-corrected chi connectivity index (χ1v) is 13.2. The van der Waals surface area contributed by atoms with Crippen LogP contribution in [0.5, 0.6) is 5.75 Å². The monoisotopic (exact) mass is 593 g/mol. The number of rotatable bonds is 12. The summed E-state index contributed by atoms with van der Waals surface area (Å²) >= 11 is 0. The normalized spacial score (nSPS) is 10.8. The van der Waals surface area contributed by atoms with E-state index in [2.05, 4.69) is 35.4 Å². The van der Waals surface area contributed by atoms with Crippen molar-refractivity contribution in [1.29, 1.82) is 0 Å². The van der Waals surface area contributed by atoms with Crippen molar-refractivity contribution in [1.82, 2.24) is 34.6 Å². The number of methoxy groups -OCH3 is 2. The van der Waals surface area contributed by atoms with Gasteiger partial charge in [-0.15, -0.1) is 0 Å². The fourth-order valence-electron chi connectivity index (χ4n) is 4.23. The van der Waals surface area contributed by atoms with Crippen molar-refractivity contribution in [3.8, 4) is 5.75 Å². The van der Waals surface area contributed by atoms with Crippen LogP contribution in [0.3, 0.4) is 0 Å². The van der Waals surface area contributed by atoms with E-state index in [1.54, 1.807) is 22.2 Å². The van der Waals surface area contributed by atoms with Gasteiger partial charge in [0.1, 0.15) is 23.6 Å². The van der Waals surface area contributed by atoms with Gasteiger partial charge in [-0.05, 0) is 38.5 Å². The van der Waals surface area contributed by atoms with Crippen LogP contribution >= 0.6 is 0 Å². The average Bonchev–Trinajstić information content (AvgIpc) is 3.56. The number of carbonyl (C=O) groups excluding carboxylic acids is 4. The third kappa shape index (κ3) is 7.03. The van der Waals surface area contributed by atoms with Crippen molar-refractivity contribution in [3.05, 3.63) is 58.9 Å². The molecule has 0 radical (unpaired) electrons. The van der Waals surface area contributed by atoms with Gasteiger partial charge in [-0.3, -0.25) is 24.6 Å². The number of hydrogen-bond acceptors (Lipinski definition) is 11. The second kappa shape index (κ2) is 13.4. The van der Waals surface area contributed by atoms with E-state index in [4.69, 9.17) is 15.2 Å². The Morgan fingerprint density at radius 2 is 1.86 bits per heavy atom. The Morgan fingerprint density at radius 1 is 1.07 bits per heavy atom. The third-order valence-electron chi connectivity index (χ3n) is 6.25. The van der Waals surface area contributed by atoms with Crippen LogP contribution in [0.2, 0.25) is 0 Å². The molecule has 0 atom stereocenters. The van der Waals surface area contributed by atoms with Gasteiger partial charge < -0.3 is 29.8 Å². The highest BCUT2D eigenvalue weighted by atomic mass is 16.5. The minimum absolute atomic E-state index is 0.0341. The van der Waals surface area contributed by atoms with Gasteiger partial charge >= 0.3 is 12.1 Å². The SMILES string of the molecule is CCn1nc(C)cc1C(=O)Nc1nc2cc(C(N)=O)cc(OC)c2n1CCCNC(=O)OCc1cnc(C(=O)OC)cn1. The van der Waals surface area contributed by atoms with Gasteiger partial charge in [0.15, 0.2) is 5.69 Å². The minimum Gasteiger partial charge on any atom is -0.494 e. The summed E-state index contributed by atoms with van der Waals surface area (Å²) in [4.78, 5) is 61.3. The number of alkyl carbamates (subject to hydrolysis) is 1. The van der Waals surface area contributed by atoms with Gasteiger partial charge in [-0.2, -0.15) is 5.10 Å². The van der Waals surface area contributed by atoms with E-state index in [9.17, 15) is 19.2 Å². The van der Waals surface area contributed by atoms with Crippen LogP contribution in [-0.4, -0.2) is 73.9 Å². The average molecular weight is 594 g/mol. The molecule has 0 saturated heterocycles. The molecule has 16 nitrogen and oxygen atoms in total. The number of aromatic nitrogens is 6. The largest absolute Gasteiger partial charge is 0.494 e. The molecule has 0 spiro atoms. The van der Waals surface area contributed by atoms with Gasteiger partial charge in [0, 0.05) is 25.2 Å². The summed E-state index contributed by atoms with van der Waals surface area (Å²) in [6.07, 6.45) is 2.26. The molecule has 0 bridgehead atoms. The molecule has 0 aliphatic carbocycles. The maximum atomic E-state index is 13.2. The van der Waals surface area contributed by atoms with E-state index in [1.165, 1.54) is 38.7 Å². The van der Waals surface area contributed by atoms with E-state index >= 15 is 0 Å². The lowest BCUT2D eigenvalue weighted by Crippen LogP contribution is -2.26. The predicted octanol–water partition coefficient (Wildman–Crippen LogP) is 1.81. The number of amides is 3. The first-order valence-electron chi connectivity index (χ1n) is 13.2. The number of nitrogens with one attached hydrogen (secondary N) is 2. The Hall–Kier alpha value is -5.54. The Kier molecular flexibility index (Phi) is 9.49. The second-order valence-electron chi connectivity index (χ2n) is 9.18. The number of nitrogens with zero attached hydrogens (tertiary/aromatic N) is 6. The van der Waals surface area contributed by atoms with Crippen LogP contribution < -0.4 is 21.1 Å². The number of fused-ring (bicyclic) bond motifs is 1. The summed E-state index contributed by atoms with van der Waals surface area (Å²) < 4.78 is 18.6. The van der Waals surface area contributed by atoms with Crippen LogP contribution in [0.4, 0.5) is 10.7 Å². The molecule has 0 unspecified atom stereocenters. The molecule has 16 heteroatoms. The summed E-state index contributed by atoms with van der Waals surface area (Å²) in [5.41, 5.74) is 8.02. The lowest BCUT2D eigenvalue weighted by Gasteiger charge is -2.13. The van der Waals surface area contributed by atoms with Crippen molar-refractivity contribution >= 4 is 40.9 Å². The maximum Gasteiger partial charge on any atom is 0.407 e. The first kappa shape index (κ1) is 30.4. The highest BCUT2D eigenvalue weighted by molar-refractivity contribution is 6.04. The van der Waals surface area contributed by atoms with Crippen LogP contribution in [0.25, 0.3) is 11.0 Å². The van der Waals surface area contributed by atoms with Crippen molar-refractivity contribution in [3.63, 3.8) is 0 Å². The maximum absolute atomic E-state index is 13.2. The topological polar surface area (TPSA) is 207 Å². The zero-order valence-electron chi connectivity index (χ0n) is 24.0. The smallest absolute Gasteiger partial charge is 0.407 e. The van der Waals surface area contributed by atoms with Crippen LogP contribution in [0.15, 0.2) is 30.6 Å². The van der Waals surface area contributed by atoms with E-state index in [0.29, 0.717) is 53.4 Å². The van der Waals surface area contributed by atoms with Gasteiger partial charge in [0.25, 0.3) is 5.91 Å². The lowest BCUT2D eigenvalue weighted by atomic mass is 10.1. The van der Waals surface area contributed by atoms with E-state index in [1.807, 2.05) is 6.92 Å². The Bertz CT molecular complexity index is 1660. The molecule has 43 heavy (non-hydrogen) atoms. The molecule has 1 aromatic carbocycles. The number of anilines is 1. The number of ether oxygens (including phenoxy) is 3. The number of imidazole rings is 1. The fraction of sp³-hybridized carbons (Fsp3) is 0.333. The molecule has 0 saturated carbocycles. The Labute approximate surface area is 245 Å². The van der Waals surface area contributed by atoms with Gasteiger partial charge in [0.05, 0.1) is 43.5 Å².